The minimum Gasteiger partial charge on any atom is -0.292 e. The topological polar surface area (TPSA) is 17.3 Å². The molecule has 0 aliphatic rings. The molecule has 2 rings (SSSR count). The quantitative estimate of drug-likeness (QED) is 0.664. The zero-order valence-electron chi connectivity index (χ0n) is 5.46. The third kappa shape index (κ3) is 1.11. The van der Waals surface area contributed by atoms with Gasteiger partial charge in [0.25, 0.3) is 0 Å². The van der Waals surface area contributed by atoms with Crippen LogP contribution in [0.2, 0.25) is 0 Å². The van der Waals surface area contributed by atoms with Crippen LogP contribution in [-0.2, 0) is 0 Å². The Labute approximate surface area is 76.2 Å². The van der Waals surface area contributed by atoms with Crippen LogP contribution in [0, 0.1) is 9.52 Å². The molecule has 2 nitrogen and oxygen atoms in total. The summed E-state index contributed by atoms with van der Waals surface area (Å²) in [4.78, 5) is 4.05. The van der Waals surface area contributed by atoms with Crippen LogP contribution in [0.25, 0.3) is 5.65 Å². The lowest BCUT2D eigenvalue weighted by atomic mass is 10.5. The molecule has 0 radical (unpaired) electrons. The Kier molecular flexibility index (Phi) is 1.56. The molecule has 0 amide bonds. The van der Waals surface area contributed by atoms with Crippen molar-refractivity contribution in [3.05, 3.63) is 34.0 Å². The van der Waals surface area contributed by atoms with Crippen molar-refractivity contribution in [2.24, 2.45) is 0 Å². The predicted molar refractivity (Wildman–Crippen MR) is 47.9 cm³/mol. The Morgan fingerprint density at radius 3 is 3.09 bits per heavy atom. The average molecular weight is 262 g/mol. The second-order valence-corrected chi connectivity index (χ2v) is 3.26. The van der Waals surface area contributed by atoms with Crippen LogP contribution in [0.3, 0.4) is 0 Å². The Bertz CT molecular complexity index is 396. The third-order valence-corrected chi connectivity index (χ3v) is 2.22. The molecule has 2 aromatic heterocycles. The largest absolute Gasteiger partial charge is 0.292 e. The molecule has 0 unspecified atom stereocenters. The number of rotatable bonds is 0. The lowest BCUT2D eigenvalue weighted by molar-refractivity contribution is 0.618. The number of imidazole rings is 1. The summed E-state index contributed by atoms with van der Waals surface area (Å²) >= 11 is 2.10. The van der Waals surface area contributed by atoms with Crippen LogP contribution in [0.1, 0.15) is 0 Å². The molecule has 0 bridgehead atoms. The van der Waals surface area contributed by atoms with Gasteiger partial charge in [-0.2, -0.15) is 0 Å². The summed E-state index contributed by atoms with van der Waals surface area (Å²) in [7, 11) is 0. The van der Waals surface area contributed by atoms with Crippen molar-refractivity contribution in [3.8, 4) is 0 Å². The highest BCUT2D eigenvalue weighted by atomic mass is 127. The SMILES string of the molecule is Fc1ccc2ncc(I)n2c1. The molecule has 2 aromatic rings. The van der Waals surface area contributed by atoms with E-state index in [0.29, 0.717) is 0 Å². The summed E-state index contributed by atoms with van der Waals surface area (Å²) in [5.74, 6) is -0.242. The highest BCUT2D eigenvalue weighted by molar-refractivity contribution is 14.1. The summed E-state index contributed by atoms with van der Waals surface area (Å²) in [5.41, 5.74) is 0.774. The second kappa shape index (κ2) is 2.44. The highest BCUT2D eigenvalue weighted by Crippen LogP contribution is 2.09. The van der Waals surface area contributed by atoms with Crippen molar-refractivity contribution < 1.29 is 4.39 Å². The van der Waals surface area contributed by atoms with Gasteiger partial charge in [0.05, 0.1) is 6.20 Å². The monoisotopic (exact) mass is 262 g/mol. The van der Waals surface area contributed by atoms with Gasteiger partial charge >= 0.3 is 0 Å². The van der Waals surface area contributed by atoms with Gasteiger partial charge in [-0.15, -0.1) is 0 Å². The van der Waals surface area contributed by atoms with Crippen molar-refractivity contribution in [1.29, 1.82) is 0 Å². The maximum Gasteiger partial charge on any atom is 0.139 e. The first-order chi connectivity index (χ1) is 5.27. The highest BCUT2D eigenvalue weighted by Gasteiger charge is 1.99. The maximum absolute atomic E-state index is 12.6. The average Bonchev–Trinajstić information content (AvgIpc) is 2.33. The summed E-state index contributed by atoms with van der Waals surface area (Å²) in [6.45, 7) is 0. The van der Waals surface area contributed by atoms with Gasteiger partial charge < -0.3 is 0 Å². The summed E-state index contributed by atoms with van der Waals surface area (Å²) in [6, 6.07) is 3.05. The molecule has 11 heavy (non-hydrogen) atoms. The van der Waals surface area contributed by atoms with Crippen LogP contribution in [-0.4, -0.2) is 9.38 Å². The zero-order chi connectivity index (χ0) is 7.84. The van der Waals surface area contributed by atoms with Crippen LogP contribution in [0.4, 0.5) is 4.39 Å². The molecular weight excluding hydrogens is 258 g/mol. The first kappa shape index (κ1) is 7.02. The standard InChI is InChI=1S/C7H4FIN2/c8-5-1-2-7-10-3-6(9)11(7)4-5/h1-4H. The van der Waals surface area contributed by atoms with Gasteiger partial charge in [-0.05, 0) is 34.7 Å². The molecule has 0 saturated carbocycles. The minimum absolute atomic E-state index is 0.242. The smallest absolute Gasteiger partial charge is 0.139 e. The third-order valence-electron chi connectivity index (χ3n) is 1.42. The summed E-state index contributed by atoms with van der Waals surface area (Å²) < 4.78 is 15.3. The van der Waals surface area contributed by atoms with E-state index in [9.17, 15) is 4.39 Å². The van der Waals surface area contributed by atoms with E-state index in [4.69, 9.17) is 0 Å². The fraction of sp³-hybridized carbons (Fsp3) is 0. The minimum atomic E-state index is -0.242. The van der Waals surface area contributed by atoms with Gasteiger partial charge in [-0.3, -0.25) is 4.40 Å². The van der Waals surface area contributed by atoms with E-state index in [1.165, 1.54) is 12.3 Å². The fourth-order valence-corrected chi connectivity index (χ4v) is 1.45. The molecule has 0 atom stereocenters. The van der Waals surface area contributed by atoms with Crippen LogP contribution < -0.4 is 0 Å². The van der Waals surface area contributed by atoms with E-state index in [2.05, 4.69) is 27.6 Å². The van der Waals surface area contributed by atoms with Crippen molar-refractivity contribution in [1.82, 2.24) is 9.38 Å². The molecule has 0 saturated heterocycles. The van der Waals surface area contributed by atoms with E-state index in [0.717, 1.165) is 9.35 Å². The van der Waals surface area contributed by atoms with E-state index in [-0.39, 0.29) is 5.82 Å². The lowest BCUT2D eigenvalue weighted by Gasteiger charge is -1.93. The number of fused-ring (bicyclic) bond motifs is 1. The van der Waals surface area contributed by atoms with Crippen LogP contribution in [0.5, 0.6) is 0 Å². The molecule has 4 heteroatoms. The number of aromatic nitrogens is 2. The Hall–Kier alpha value is -0.650. The summed E-state index contributed by atoms with van der Waals surface area (Å²) in [6.07, 6.45) is 3.12. The van der Waals surface area contributed by atoms with E-state index < -0.39 is 0 Å². The zero-order valence-corrected chi connectivity index (χ0v) is 7.62. The molecule has 56 valence electrons. The first-order valence-corrected chi connectivity index (χ1v) is 4.13. The molecule has 0 aliphatic heterocycles. The molecule has 0 N–H and O–H groups in total. The van der Waals surface area contributed by atoms with Crippen molar-refractivity contribution in [3.63, 3.8) is 0 Å². The molecule has 0 aromatic carbocycles. The lowest BCUT2D eigenvalue weighted by Crippen LogP contribution is -1.87. The number of pyridine rings is 1. The van der Waals surface area contributed by atoms with Gasteiger partial charge in [0.2, 0.25) is 0 Å². The summed E-state index contributed by atoms with van der Waals surface area (Å²) in [5, 5.41) is 0. The van der Waals surface area contributed by atoms with Gasteiger partial charge in [0, 0.05) is 6.20 Å². The normalized spacial score (nSPS) is 10.7. The van der Waals surface area contributed by atoms with Gasteiger partial charge in [0.15, 0.2) is 0 Å². The molecule has 2 heterocycles. The van der Waals surface area contributed by atoms with E-state index >= 15 is 0 Å². The Balaban J connectivity index is 2.87. The first-order valence-electron chi connectivity index (χ1n) is 3.05. The number of halogens is 2. The second-order valence-electron chi connectivity index (χ2n) is 2.16. The van der Waals surface area contributed by atoms with Gasteiger partial charge in [-0.1, -0.05) is 0 Å². The van der Waals surface area contributed by atoms with Crippen molar-refractivity contribution in [2.45, 2.75) is 0 Å². The van der Waals surface area contributed by atoms with Gasteiger partial charge in [0.1, 0.15) is 15.2 Å². The number of nitrogens with zero attached hydrogens (tertiary/aromatic N) is 2. The van der Waals surface area contributed by atoms with E-state index in [1.807, 2.05) is 0 Å². The van der Waals surface area contributed by atoms with Crippen LogP contribution in [0.15, 0.2) is 24.5 Å². The van der Waals surface area contributed by atoms with Crippen LogP contribution >= 0.6 is 22.6 Å². The fourth-order valence-electron chi connectivity index (χ4n) is 0.925. The number of hydrogen-bond acceptors (Lipinski definition) is 1. The molecule has 0 aliphatic carbocycles. The number of hydrogen-bond donors (Lipinski definition) is 0. The van der Waals surface area contributed by atoms with E-state index in [1.54, 1.807) is 16.7 Å². The maximum atomic E-state index is 12.6. The predicted octanol–water partition coefficient (Wildman–Crippen LogP) is 2.08. The van der Waals surface area contributed by atoms with Crippen molar-refractivity contribution in [2.75, 3.05) is 0 Å². The Morgan fingerprint density at radius 2 is 2.27 bits per heavy atom. The van der Waals surface area contributed by atoms with Gasteiger partial charge in [-0.25, -0.2) is 9.37 Å². The molecule has 0 spiro atoms. The Morgan fingerprint density at radius 1 is 1.45 bits per heavy atom. The van der Waals surface area contributed by atoms with Crippen molar-refractivity contribution >= 4 is 28.2 Å². The molecular formula is C7H4FIN2. The molecule has 0 fully saturated rings.